The molecule has 106 valence electrons. The summed E-state index contributed by atoms with van der Waals surface area (Å²) >= 11 is 0. The van der Waals surface area contributed by atoms with Crippen LogP contribution in [0.1, 0.15) is 10.5 Å². The summed E-state index contributed by atoms with van der Waals surface area (Å²) < 4.78 is 7.29. The highest BCUT2D eigenvalue weighted by Gasteiger charge is 2.15. The number of aromatic carboxylic acids is 1. The standard InChI is InChI=1S/C16H14N2O3/c19-16(20)15-13-8-4-5-9-14(13)18(17-15)10-11-21-12-6-2-1-3-7-12/h1-9H,10-11H2,(H,19,20). The number of aromatic nitrogens is 2. The molecule has 1 N–H and O–H groups in total. The summed E-state index contributed by atoms with van der Waals surface area (Å²) in [4.78, 5) is 11.2. The summed E-state index contributed by atoms with van der Waals surface area (Å²) in [5.41, 5.74) is 0.872. The molecule has 0 aliphatic carbocycles. The second-order valence-corrected chi connectivity index (χ2v) is 4.56. The number of carboxylic acid groups (broad SMARTS) is 1. The van der Waals surface area contributed by atoms with Crippen molar-refractivity contribution in [1.29, 1.82) is 0 Å². The van der Waals surface area contributed by atoms with Crippen LogP contribution in [-0.2, 0) is 6.54 Å². The molecule has 5 heteroatoms. The maximum Gasteiger partial charge on any atom is 0.357 e. The number of para-hydroxylation sites is 2. The number of hydrogen-bond donors (Lipinski definition) is 1. The molecule has 0 saturated heterocycles. The van der Waals surface area contributed by atoms with Crippen LogP contribution >= 0.6 is 0 Å². The van der Waals surface area contributed by atoms with Gasteiger partial charge in [-0.05, 0) is 18.2 Å². The van der Waals surface area contributed by atoms with Crippen molar-refractivity contribution in [2.75, 3.05) is 6.61 Å². The molecule has 0 spiro atoms. The number of benzene rings is 2. The molecule has 0 atom stereocenters. The Morgan fingerprint density at radius 3 is 2.57 bits per heavy atom. The number of fused-ring (bicyclic) bond motifs is 1. The molecule has 3 aromatic rings. The van der Waals surface area contributed by atoms with E-state index < -0.39 is 5.97 Å². The van der Waals surface area contributed by atoms with E-state index in [2.05, 4.69) is 5.10 Å². The molecular weight excluding hydrogens is 268 g/mol. The van der Waals surface area contributed by atoms with Crippen molar-refractivity contribution in [3.8, 4) is 5.75 Å². The summed E-state index contributed by atoms with van der Waals surface area (Å²) in [6, 6.07) is 16.8. The first-order valence-corrected chi connectivity index (χ1v) is 6.62. The van der Waals surface area contributed by atoms with Crippen LogP contribution in [0.2, 0.25) is 0 Å². The van der Waals surface area contributed by atoms with Gasteiger partial charge in [0.1, 0.15) is 12.4 Å². The first-order chi connectivity index (χ1) is 10.3. The van der Waals surface area contributed by atoms with Gasteiger partial charge in [0.15, 0.2) is 5.69 Å². The number of ether oxygens (including phenoxy) is 1. The lowest BCUT2D eigenvalue weighted by atomic mass is 10.2. The predicted octanol–water partition coefficient (Wildman–Crippen LogP) is 2.81. The van der Waals surface area contributed by atoms with E-state index in [1.807, 2.05) is 42.5 Å². The highest BCUT2D eigenvalue weighted by Crippen LogP contribution is 2.18. The number of hydrogen-bond acceptors (Lipinski definition) is 3. The van der Waals surface area contributed by atoms with Gasteiger partial charge in [-0.25, -0.2) is 4.79 Å². The maximum atomic E-state index is 11.2. The van der Waals surface area contributed by atoms with Gasteiger partial charge in [-0.3, -0.25) is 4.68 Å². The smallest absolute Gasteiger partial charge is 0.357 e. The van der Waals surface area contributed by atoms with Gasteiger partial charge >= 0.3 is 5.97 Å². The van der Waals surface area contributed by atoms with E-state index in [1.54, 1.807) is 16.8 Å². The highest BCUT2D eigenvalue weighted by molar-refractivity contribution is 6.01. The van der Waals surface area contributed by atoms with E-state index in [0.717, 1.165) is 11.3 Å². The summed E-state index contributed by atoms with van der Waals surface area (Å²) in [6.45, 7) is 0.914. The first-order valence-electron chi connectivity index (χ1n) is 6.62. The van der Waals surface area contributed by atoms with Gasteiger partial charge in [0.05, 0.1) is 12.1 Å². The van der Waals surface area contributed by atoms with Gasteiger partial charge in [-0.15, -0.1) is 0 Å². The predicted molar refractivity (Wildman–Crippen MR) is 78.6 cm³/mol. The summed E-state index contributed by atoms with van der Waals surface area (Å²) in [6.07, 6.45) is 0. The third-order valence-electron chi connectivity index (χ3n) is 3.18. The topological polar surface area (TPSA) is 64.3 Å². The van der Waals surface area contributed by atoms with Crippen molar-refractivity contribution in [2.24, 2.45) is 0 Å². The molecule has 0 saturated carbocycles. The van der Waals surface area contributed by atoms with E-state index >= 15 is 0 Å². The van der Waals surface area contributed by atoms with E-state index in [4.69, 9.17) is 4.74 Å². The Labute approximate surface area is 121 Å². The van der Waals surface area contributed by atoms with Crippen molar-refractivity contribution < 1.29 is 14.6 Å². The molecule has 0 bridgehead atoms. The molecule has 0 radical (unpaired) electrons. The number of carbonyl (C=O) groups is 1. The zero-order valence-electron chi connectivity index (χ0n) is 11.3. The second-order valence-electron chi connectivity index (χ2n) is 4.56. The van der Waals surface area contributed by atoms with Crippen molar-refractivity contribution in [3.63, 3.8) is 0 Å². The van der Waals surface area contributed by atoms with Crippen molar-refractivity contribution in [1.82, 2.24) is 9.78 Å². The third-order valence-corrected chi connectivity index (χ3v) is 3.18. The molecule has 0 unspecified atom stereocenters. The molecule has 0 aliphatic heterocycles. The second kappa shape index (κ2) is 5.66. The van der Waals surface area contributed by atoms with Crippen LogP contribution in [0.4, 0.5) is 0 Å². The third kappa shape index (κ3) is 2.72. The summed E-state index contributed by atoms with van der Waals surface area (Å²) in [5.74, 6) is -0.235. The minimum atomic E-state index is -1.02. The summed E-state index contributed by atoms with van der Waals surface area (Å²) in [5, 5.41) is 14.0. The molecule has 21 heavy (non-hydrogen) atoms. The van der Waals surface area contributed by atoms with E-state index in [0.29, 0.717) is 18.5 Å². The Hall–Kier alpha value is -2.82. The Morgan fingerprint density at radius 2 is 1.81 bits per heavy atom. The van der Waals surface area contributed by atoms with E-state index in [-0.39, 0.29) is 5.69 Å². The zero-order valence-corrected chi connectivity index (χ0v) is 11.3. The van der Waals surface area contributed by atoms with Crippen LogP contribution in [0.15, 0.2) is 54.6 Å². The quantitative estimate of drug-likeness (QED) is 0.781. The molecule has 2 aromatic carbocycles. The van der Waals surface area contributed by atoms with Crippen LogP contribution < -0.4 is 4.74 Å². The van der Waals surface area contributed by atoms with Gasteiger partial charge in [0, 0.05) is 5.39 Å². The average Bonchev–Trinajstić information content (AvgIpc) is 2.88. The molecule has 0 fully saturated rings. The van der Waals surface area contributed by atoms with Crippen molar-refractivity contribution in [2.45, 2.75) is 6.54 Å². The molecule has 5 nitrogen and oxygen atoms in total. The van der Waals surface area contributed by atoms with Crippen molar-refractivity contribution >= 4 is 16.9 Å². The molecule has 1 aromatic heterocycles. The van der Waals surface area contributed by atoms with E-state index in [1.165, 1.54) is 0 Å². The largest absolute Gasteiger partial charge is 0.492 e. The first kappa shape index (κ1) is 13.2. The van der Waals surface area contributed by atoms with Gasteiger partial charge in [-0.2, -0.15) is 5.10 Å². The lowest BCUT2D eigenvalue weighted by Gasteiger charge is -2.06. The molecular formula is C16H14N2O3. The summed E-state index contributed by atoms with van der Waals surface area (Å²) in [7, 11) is 0. The molecule has 3 rings (SSSR count). The zero-order chi connectivity index (χ0) is 14.7. The Bertz CT molecular complexity index is 766. The fraction of sp³-hybridized carbons (Fsp3) is 0.125. The van der Waals surface area contributed by atoms with Crippen LogP contribution in [0.5, 0.6) is 5.75 Å². The van der Waals surface area contributed by atoms with Gasteiger partial charge in [0.25, 0.3) is 0 Å². The fourth-order valence-electron chi connectivity index (χ4n) is 2.22. The van der Waals surface area contributed by atoms with Gasteiger partial charge in [-0.1, -0.05) is 36.4 Å². The minimum absolute atomic E-state index is 0.0744. The number of nitrogens with zero attached hydrogens (tertiary/aromatic N) is 2. The maximum absolute atomic E-state index is 11.2. The monoisotopic (exact) mass is 282 g/mol. The molecule has 0 aliphatic rings. The fourth-order valence-corrected chi connectivity index (χ4v) is 2.22. The van der Waals surface area contributed by atoms with Crippen molar-refractivity contribution in [3.05, 3.63) is 60.3 Å². The normalized spacial score (nSPS) is 10.7. The lowest BCUT2D eigenvalue weighted by molar-refractivity contribution is 0.0691. The van der Waals surface area contributed by atoms with E-state index in [9.17, 15) is 9.90 Å². The Morgan fingerprint density at radius 1 is 1.10 bits per heavy atom. The van der Waals surface area contributed by atoms with Crippen LogP contribution in [0, 0.1) is 0 Å². The highest BCUT2D eigenvalue weighted by atomic mass is 16.5. The molecule has 1 heterocycles. The number of carboxylic acids is 1. The van der Waals surface area contributed by atoms with Gasteiger partial charge < -0.3 is 9.84 Å². The van der Waals surface area contributed by atoms with Crippen LogP contribution in [0.3, 0.4) is 0 Å². The minimum Gasteiger partial charge on any atom is -0.492 e. The SMILES string of the molecule is O=C(O)c1nn(CCOc2ccccc2)c2ccccc12. The lowest BCUT2D eigenvalue weighted by Crippen LogP contribution is -2.10. The number of rotatable bonds is 5. The van der Waals surface area contributed by atoms with Crippen LogP contribution in [-0.4, -0.2) is 27.5 Å². The molecule has 0 amide bonds. The average molecular weight is 282 g/mol. The Kier molecular flexibility index (Phi) is 3.55. The Balaban J connectivity index is 1.79. The van der Waals surface area contributed by atoms with Crippen LogP contribution in [0.25, 0.3) is 10.9 Å². The van der Waals surface area contributed by atoms with Gasteiger partial charge in [0.2, 0.25) is 0 Å².